The molecule has 0 saturated carbocycles. The van der Waals surface area contributed by atoms with E-state index in [9.17, 15) is 18.4 Å². The summed E-state index contributed by atoms with van der Waals surface area (Å²) < 4.78 is 30.5. The van der Waals surface area contributed by atoms with Gasteiger partial charge in [0.15, 0.2) is 0 Å². The summed E-state index contributed by atoms with van der Waals surface area (Å²) in [5, 5.41) is 0. The highest BCUT2D eigenvalue weighted by Crippen LogP contribution is 2.33. The third-order valence-electron chi connectivity index (χ3n) is 3.38. The molecule has 1 aromatic rings. The van der Waals surface area contributed by atoms with Crippen molar-refractivity contribution < 1.29 is 23.1 Å². The Morgan fingerprint density at radius 2 is 1.70 bits per heavy atom. The highest BCUT2D eigenvalue weighted by atomic mass is 19.3. The number of fused-ring (bicyclic) bond motifs is 1. The van der Waals surface area contributed by atoms with Crippen molar-refractivity contribution >= 4 is 11.8 Å². The molecule has 2 amide bonds. The average Bonchev–Trinajstić information content (AvgIpc) is 2.62. The number of carbonyl (C=O) groups excluding carboxylic acids is 2. The van der Waals surface area contributed by atoms with Crippen molar-refractivity contribution in [2.75, 3.05) is 13.7 Å². The summed E-state index contributed by atoms with van der Waals surface area (Å²) in [6.07, 6.45) is -3.26. The largest absolute Gasteiger partial charge is 0.382 e. The van der Waals surface area contributed by atoms with Gasteiger partial charge >= 0.3 is 0 Å². The van der Waals surface area contributed by atoms with E-state index in [1.165, 1.54) is 26.2 Å². The number of carbonyl (C=O) groups is 2. The van der Waals surface area contributed by atoms with Crippen LogP contribution in [0, 0.1) is 0 Å². The minimum Gasteiger partial charge on any atom is -0.382 e. The van der Waals surface area contributed by atoms with Crippen LogP contribution in [0.25, 0.3) is 0 Å². The number of halogens is 2. The number of nitrogens with zero attached hydrogens (tertiary/aromatic N) is 1. The van der Waals surface area contributed by atoms with Crippen molar-refractivity contribution in [3.63, 3.8) is 0 Å². The Labute approximate surface area is 115 Å². The molecule has 0 saturated heterocycles. The van der Waals surface area contributed by atoms with E-state index in [-0.39, 0.29) is 17.7 Å². The van der Waals surface area contributed by atoms with E-state index >= 15 is 0 Å². The molecule has 0 N–H and O–H groups in total. The number of hydrogen-bond acceptors (Lipinski definition) is 3. The summed E-state index contributed by atoms with van der Waals surface area (Å²) in [6, 6.07) is 6.30. The first-order valence-electron chi connectivity index (χ1n) is 6.16. The van der Waals surface area contributed by atoms with Gasteiger partial charge in [0.1, 0.15) is 0 Å². The van der Waals surface area contributed by atoms with Gasteiger partial charge in [-0.05, 0) is 19.1 Å². The predicted molar refractivity (Wildman–Crippen MR) is 67.8 cm³/mol. The third-order valence-corrected chi connectivity index (χ3v) is 3.38. The molecular weight excluding hydrogens is 268 g/mol. The van der Waals surface area contributed by atoms with Crippen LogP contribution < -0.4 is 0 Å². The molecule has 108 valence electrons. The van der Waals surface area contributed by atoms with Gasteiger partial charge < -0.3 is 4.74 Å². The number of benzene rings is 1. The number of ether oxygens (including phenoxy) is 1. The fraction of sp³-hybridized carbons (Fsp3) is 0.429. The minimum atomic E-state index is -2.64. The third kappa shape index (κ3) is 2.31. The Kier molecular flexibility index (Phi) is 3.85. The topological polar surface area (TPSA) is 46.6 Å². The van der Waals surface area contributed by atoms with E-state index in [2.05, 4.69) is 0 Å². The van der Waals surface area contributed by atoms with E-state index in [1.807, 2.05) is 0 Å². The van der Waals surface area contributed by atoms with Crippen molar-refractivity contribution in [1.82, 2.24) is 4.90 Å². The van der Waals surface area contributed by atoms with Crippen molar-refractivity contribution in [3.8, 4) is 0 Å². The number of alkyl halides is 2. The van der Waals surface area contributed by atoms with E-state index in [0.717, 1.165) is 4.90 Å². The SMILES string of the molecule is COCC(C)(CC(F)F)N1C(=O)c2ccccc2C1=O. The molecule has 1 atom stereocenters. The molecule has 1 unspecified atom stereocenters. The fourth-order valence-corrected chi connectivity index (χ4v) is 2.54. The van der Waals surface area contributed by atoms with Gasteiger partial charge in [-0.25, -0.2) is 8.78 Å². The molecule has 1 aliphatic heterocycles. The number of imide groups is 1. The summed E-state index contributed by atoms with van der Waals surface area (Å²) in [6.45, 7) is 1.30. The Hall–Kier alpha value is -1.82. The van der Waals surface area contributed by atoms with Crippen LogP contribution in [0.5, 0.6) is 0 Å². The van der Waals surface area contributed by atoms with E-state index in [1.54, 1.807) is 12.1 Å². The van der Waals surface area contributed by atoms with Crippen LogP contribution in [0.15, 0.2) is 24.3 Å². The van der Waals surface area contributed by atoms with Crippen LogP contribution in [-0.2, 0) is 4.74 Å². The van der Waals surface area contributed by atoms with Gasteiger partial charge in [0.2, 0.25) is 6.43 Å². The molecule has 20 heavy (non-hydrogen) atoms. The first-order chi connectivity index (χ1) is 9.40. The lowest BCUT2D eigenvalue weighted by Crippen LogP contribution is -2.53. The van der Waals surface area contributed by atoms with Gasteiger partial charge in [0, 0.05) is 13.5 Å². The lowest BCUT2D eigenvalue weighted by atomic mass is 9.96. The summed E-state index contributed by atoms with van der Waals surface area (Å²) in [5.74, 6) is -1.10. The number of rotatable bonds is 5. The van der Waals surface area contributed by atoms with Gasteiger partial charge in [-0.15, -0.1) is 0 Å². The monoisotopic (exact) mass is 283 g/mol. The number of methoxy groups -OCH3 is 1. The second kappa shape index (κ2) is 5.28. The lowest BCUT2D eigenvalue weighted by Gasteiger charge is -2.36. The van der Waals surface area contributed by atoms with Crippen molar-refractivity contribution in [3.05, 3.63) is 35.4 Å². The number of amides is 2. The smallest absolute Gasteiger partial charge is 0.262 e. The van der Waals surface area contributed by atoms with Gasteiger partial charge in [-0.3, -0.25) is 14.5 Å². The molecule has 1 aliphatic rings. The molecule has 1 heterocycles. The van der Waals surface area contributed by atoms with Crippen molar-refractivity contribution in [1.29, 1.82) is 0 Å². The molecular formula is C14H15F2NO3. The Bertz CT molecular complexity index is 512. The zero-order valence-corrected chi connectivity index (χ0v) is 11.2. The number of hydrogen-bond donors (Lipinski definition) is 0. The molecule has 6 heteroatoms. The van der Waals surface area contributed by atoms with E-state index in [0.29, 0.717) is 0 Å². The Morgan fingerprint density at radius 3 is 2.10 bits per heavy atom. The van der Waals surface area contributed by atoms with Crippen LogP contribution in [0.2, 0.25) is 0 Å². The molecule has 2 rings (SSSR count). The average molecular weight is 283 g/mol. The second-order valence-electron chi connectivity index (χ2n) is 5.02. The maximum Gasteiger partial charge on any atom is 0.262 e. The molecule has 0 radical (unpaired) electrons. The second-order valence-corrected chi connectivity index (χ2v) is 5.02. The zero-order valence-electron chi connectivity index (χ0n) is 11.2. The Balaban J connectivity index is 2.42. The molecule has 0 bridgehead atoms. The molecule has 0 spiro atoms. The van der Waals surface area contributed by atoms with Crippen LogP contribution in [0.4, 0.5) is 8.78 Å². The first-order valence-corrected chi connectivity index (χ1v) is 6.16. The van der Waals surface area contributed by atoms with Gasteiger partial charge in [-0.2, -0.15) is 0 Å². The Morgan fingerprint density at radius 1 is 1.20 bits per heavy atom. The van der Waals surface area contributed by atoms with E-state index < -0.39 is 30.2 Å². The van der Waals surface area contributed by atoms with E-state index in [4.69, 9.17) is 4.74 Å². The highest BCUT2D eigenvalue weighted by molar-refractivity contribution is 6.21. The summed E-state index contributed by atoms with van der Waals surface area (Å²) in [7, 11) is 1.35. The molecule has 0 aliphatic carbocycles. The lowest BCUT2D eigenvalue weighted by molar-refractivity contribution is -0.00529. The molecule has 0 fully saturated rings. The van der Waals surface area contributed by atoms with Crippen molar-refractivity contribution in [2.24, 2.45) is 0 Å². The highest BCUT2D eigenvalue weighted by Gasteiger charge is 2.47. The van der Waals surface area contributed by atoms with Gasteiger partial charge in [-0.1, -0.05) is 12.1 Å². The molecule has 4 nitrogen and oxygen atoms in total. The maximum atomic E-state index is 12.8. The molecule has 0 aromatic heterocycles. The van der Waals surface area contributed by atoms with Gasteiger partial charge in [0.05, 0.1) is 23.3 Å². The summed E-state index contributed by atoms with van der Waals surface area (Å²) >= 11 is 0. The van der Waals surface area contributed by atoms with Gasteiger partial charge in [0.25, 0.3) is 11.8 Å². The summed E-state index contributed by atoms with van der Waals surface area (Å²) in [4.78, 5) is 25.5. The van der Waals surface area contributed by atoms with Crippen LogP contribution in [0.3, 0.4) is 0 Å². The van der Waals surface area contributed by atoms with Crippen LogP contribution in [0.1, 0.15) is 34.1 Å². The first kappa shape index (κ1) is 14.6. The quantitative estimate of drug-likeness (QED) is 0.779. The van der Waals surface area contributed by atoms with Crippen LogP contribution >= 0.6 is 0 Å². The summed E-state index contributed by atoms with van der Waals surface area (Å²) in [5.41, 5.74) is -0.876. The predicted octanol–water partition coefficient (Wildman–Crippen LogP) is 2.34. The van der Waals surface area contributed by atoms with Crippen LogP contribution in [-0.4, -0.2) is 42.4 Å². The molecule has 1 aromatic carbocycles. The normalized spacial score (nSPS) is 17.6. The van der Waals surface area contributed by atoms with Crippen molar-refractivity contribution in [2.45, 2.75) is 25.3 Å². The fourth-order valence-electron chi connectivity index (χ4n) is 2.54. The standard InChI is InChI=1S/C14H15F2NO3/c1-14(8-20-2,7-11(15)16)17-12(18)9-5-3-4-6-10(9)13(17)19/h3-6,11H,7-8H2,1-2H3. The minimum absolute atomic E-state index is 0.136. The maximum absolute atomic E-state index is 12.8. The zero-order chi connectivity index (χ0) is 14.9.